The molecule has 0 aliphatic carbocycles. The Morgan fingerprint density at radius 3 is 2.62 bits per heavy atom. The number of ether oxygens (including phenoxy) is 1. The summed E-state index contributed by atoms with van der Waals surface area (Å²) in [6, 6.07) is 13.9. The first kappa shape index (κ1) is 20.9. The molecule has 0 atom stereocenters. The smallest absolute Gasteiger partial charge is 0.234 e. The maximum absolute atomic E-state index is 12.4. The number of nitrogens with zero attached hydrogens (tertiary/aromatic N) is 3. The molecule has 0 saturated heterocycles. The van der Waals surface area contributed by atoms with Crippen molar-refractivity contribution in [1.29, 1.82) is 0 Å². The molecule has 7 heteroatoms. The van der Waals surface area contributed by atoms with Gasteiger partial charge in [-0.15, -0.1) is 10.2 Å². The number of benzene rings is 2. The van der Waals surface area contributed by atoms with Crippen LogP contribution < -0.4 is 10.1 Å². The Balaban J connectivity index is 1.58. The van der Waals surface area contributed by atoms with Gasteiger partial charge < -0.3 is 14.6 Å². The van der Waals surface area contributed by atoms with Gasteiger partial charge in [0.1, 0.15) is 12.4 Å². The zero-order valence-corrected chi connectivity index (χ0v) is 18.0. The van der Waals surface area contributed by atoms with E-state index in [0.717, 1.165) is 28.4 Å². The number of thioether (sulfide) groups is 1. The van der Waals surface area contributed by atoms with Crippen molar-refractivity contribution < 1.29 is 9.53 Å². The molecule has 0 bridgehead atoms. The molecule has 0 aliphatic heterocycles. The van der Waals surface area contributed by atoms with Gasteiger partial charge in [0.2, 0.25) is 5.91 Å². The summed E-state index contributed by atoms with van der Waals surface area (Å²) in [5.41, 5.74) is 4.21. The van der Waals surface area contributed by atoms with E-state index in [0.29, 0.717) is 18.3 Å². The molecule has 0 spiro atoms. The summed E-state index contributed by atoms with van der Waals surface area (Å²) in [5, 5.41) is 12.2. The zero-order chi connectivity index (χ0) is 20.8. The summed E-state index contributed by atoms with van der Waals surface area (Å²) < 4.78 is 7.82. The van der Waals surface area contributed by atoms with E-state index < -0.39 is 0 Å². The molecule has 0 unspecified atom stereocenters. The molecule has 0 saturated carbocycles. The Morgan fingerprint density at radius 2 is 1.90 bits per heavy atom. The lowest BCUT2D eigenvalue weighted by molar-refractivity contribution is -0.113. The summed E-state index contributed by atoms with van der Waals surface area (Å²) in [6.07, 6.45) is 0. The quantitative estimate of drug-likeness (QED) is 0.553. The fraction of sp³-hybridized carbons (Fsp3) is 0.318. The van der Waals surface area contributed by atoms with E-state index in [1.165, 1.54) is 17.3 Å². The van der Waals surface area contributed by atoms with Crippen LogP contribution >= 0.6 is 11.8 Å². The number of hydrogen-bond donors (Lipinski definition) is 1. The number of hydrogen-bond acceptors (Lipinski definition) is 5. The number of amides is 1. The lowest BCUT2D eigenvalue weighted by Crippen LogP contribution is -2.15. The second kappa shape index (κ2) is 9.60. The minimum Gasteiger partial charge on any atom is -0.486 e. The molecular weight excluding hydrogens is 384 g/mol. The van der Waals surface area contributed by atoms with Gasteiger partial charge in [0, 0.05) is 12.2 Å². The SMILES string of the molecule is CCn1c(COc2cccc(C)c2)nnc1SCC(=O)Nc1ccc(C)cc1C. The van der Waals surface area contributed by atoms with Gasteiger partial charge in [0.15, 0.2) is 11.0 Å². The Kier molecular flexibility index (Phi) is 6.93. The van der Waals surface area contributed by atoms with Crippen LogP contribution in [0.4, 0.5) is 5.69 Å². The molecule has 1 N–H and O–H groups in total. The molecule has 1 aromatic heterocycles. The summed E-state index contributed by atoms with van der Waals surface area (Å²) >= 11 is 1.37. The van der Waals surface area contributed by atoms with Crippen LogP contribution in [0.25, 0.3) is 0 Å². The van der Waals surface area contributed by atoms with Crippen molar-refractivity contribution in [1.82, 2.24) is 14.8 Å². The van der Waals surface area contributed by atoms with Crippen molar-refractivity contribution >= 4 is 23.4 Å². The van der Waals surface area contributed by atoms with E-state index in [2.05, 4.69) is 21.6 Å². The van der Waals surface area contributed by atoms with Crippen LogP contribution in [0.5, 0.6) is 5.75 Å². The number of carbonyl (C=O) groups is 1. The lowest BCUT2D eigenvalue weighted by Gasteiger charge is -2.10. The third-order valence-electron chi connectivity index (χ3n) is 4.46. The highest BCUT2D eigenvalue weighted by molar-refractivity contribution is 7.99. The zero-order valence-electron chi connectivity index (χ0n) is 17.2. The topological polar surface area (TPSA) is 69.0 Å². The molecule has 3 aromatic rings. The normalized spacial score (nSPS) is 10.8. The third kappa shape index (κ3) is 5.60. The van der Waals surface area contributed by atoms with Crippen LogP contribution in [0.3, 0.4) is 0 Å². The van der Waals surface area contributed by atoms with Crippen molar-refractivity contribution in [2.75, 3.05) is 11.1 Å². The van der Waals surface area contributed by atoms with Crippen molar-refractivity contribution in [3.8, 4) is 5.75 Å². The van der Waals surface area contributed by atoms with Gasteiger partial charge in [-0.05, 0) is 57.0 Å². The number of rotatable bonds is 8. The highest BCUT2D eigenvalue weighted by Gasteiger charge is 2.14. The highest BCUT2D eigenvalue weighted by atomic mass is 32.2. The highest BCUT2D eigenvalue weighted by Crippen LogP contribution is 2.21. The molecule has 1 heterocycles. The Labute approximate surface area is 175 Å². The summed E-state index contributed by atoms with van der Waals surface area (Å²) in [7, 11) is 0. The van der Waals surface area contributed by atoms with Gasteiger partial charge in [-0.25, -0.2) is 0 Å². The maximum atomic E-state index is 12.4. The van der Waals surface area contributed by atoms with E-state index in [1.54, 1.807) is 0 Å². The fourth-order valence-electron chi connectivity index (χ4n) is 2.97. The molecule has 0 radical (unpaired) electrons. The van der Waals surface area contributed by atoms with E-state index in [9.17, 15) is 4.79 Å². The number of anilines is 1. The first-order valence-corrected chi connectivity index (χ1v) is 10.6. The molecule has 29 heavy (non-hydrogen) atoms. The molecule has 0 aliphatic rings. The second-order valence-corrected chi connectivity index (χ2v) is 7.85. The molecule has 6 nitrogen and oxygen atoms in total. The number of carbonyl (C=O) groups excluding carboxylic acids is 1. The van der Waals surface area contributed by atoms with Crippen LogP contribution in [0, 0.1) is 20.8 Å². The lowest BCUT2D eigenvalue weighted by atomic mass is 10.1. The third-order valence-corrected chi connectivity index (χ3v) is 5.42. The molecule has 152 valence electrons. The van der Waals surface area contributed by atoms with Crippen LogP contribution in [0.15, 0.2) is 47.6 Å². The van der Waals surface area contributed by atoms with Crippen LogP contribution in [-0.2, 0) is 17.9 Å². The minimum absolute atomic E-state index is 0.0647. The second-order valence-electron chi connectivity index (χ2n) is 6.90. The standard InChI is InChI=1S/C22H26N4O2S/c1-5-26-20(13-28-18-8-6-7-15(2)12-18)24-25-22(26)29-14-21(27)23-19-10-9-16(3)11-17(19)4/h6-12H,5,13-14H2,1-4H3,(H,23,27). The predicted octanol–water partition coefficient (Wildman–Crippen LogP) is 4.53. The molecule has 3 rings (SSSR count). The molecule has 1 amide bonds. The van der Waals surface area contributed by atoms with Crippen molar-refractivity contribution in [2.24, 2.45) is 0 Å². The van der Waals surface area contributed by atoms with Gasteiger partial charge >= 0.3 is 0 Å². The number of aryl methyl sites for hydroxylation is 3. The Morgan fingerprint density at radius 1 is 1.10 bits per heavy atom. The Hall–Kier alpha value is -2.80. The molecule has 0 fully saturated rings. The van der Waals surface area contributed by atoms with Gasteiger partial charge in [0.05, 0.1) is 5.75 Å². The first-order valence-electron chi connectivity index (χ1n) is 9.57. The van der Waals surface area contributed by atoms with Crippen LogP contribution in [0.2, 0.25) is 0 Å². The minimum atomic E-state index is -0.0647. The van der Waals surface area contributed by atoms with Crippen LogP contribution in [0.1, 0.15) is 29.4 Å². The van der Waals surface area contributed by atoms with E-state index in [4.69, 9.17) is 4.74 Å². The van der Waals surface area contributed by atoms with Crippen molar-refractivity contribution in [3.05, 3.63) is 65.0 Å². The predicted molar refractivity (Wildman–Crippen MR) is 116 cm³/mol. The maximum Gasteiger partial charge on any atom is 0.234 e. The summed E-state index contributed by atoms with van der Waals surface area (Å²) in [4.78, 5) is 12.4. The number of nitrogens with one attached hydrogen (secondary N) is 1. The largest absolute Gasteiger partial charge is 0.486 e. The van der Waals surface area contributed by atoms with Crippen molar-refractivity contribution in [2.45, 2.75) is 46.0 Å². The van der Waals surface area contributed by atoms with E-state index in [1.807, 2.05) is 68.7 Å². The molecular formula is C22H26N4O2S. The fourth-order valence-corrected chi connectivity index (χ4v) is 3.79. The molecule has 2 aromatic carbocycles. The first-order chi connectivity index (χ1) is 14.0. The van der Waals surface area contributed by atoms with Gasteiger partial charge in [-0.3, -0.25) is 4.79 Å². The summed E-state index contributed by atoms with van der Waals surface area (Å²) in [5.74, 6) is 1.75. The van der Waals surface area contributed by atoms with E-state index >= 15 is 0 Å². The van der Waals surface area contributed by atoms with Crippen LogP contribution in [-0.4, -0.2) is 26.4 Å². The number of aromatic nitrogens is 3. The van der Waals surface area contributed by atoms with E-state index in [-0.39, 0.29) is 11.7 Å². The van der Waals surface area contributed by atoms with Crippen molar-refractivity contribution in [3.63, 3.8) is 0 Å². The van der Waals surface area contributed by atoms with Gasteiger partial charge in [0.25, 0.3) is 0 Å². The average molecular weight is 411 g/mol. The van der Waals surface area contributed by atoms with Gasteiger partial charge in [-0.2, -0.15) is 0 Å². The summed E-state index contributed by atoms with van der Waals surface area (Å²) in [6.45, 7) is 9.12. The Bertz CT molecular complexity index is 1000. The average Bonchev–Trinajstić information content (AvgIpc) is 3.09. The van der Waals surface area contributed by atoms with Gasteiger partial charge in [-0.1, -0.05) is 41.6 Å². The monoisotopic (exact) mass is 410 g/mol.